The molecule has 39 heavy (non-hydrogen) atoms. The van der Waals surface area contributed by atoms with Crippen molar-refractivity contribution < 1.29 is 19.6 Å². The Labute approximate surface area is 232 Å². The molecule has 10 nitrogen and oxygen atoms in total. The summed E-state index contributed by atoms with van der Waals surface area (Å²) in [5.74, 6) is -0.233. The van der Waals surface area contributed by atoms with Crippen LogP contribution in [0.4, 0.5) is 11.6 Å². The van der Waals surface area contributed by atoms with Gasteiger partial charge in [0.05, 0.1) is 10.5 Å². The molecule has 4 aromatic rings. The fourth-order valence-electron chi connectivity index (χ4n) is 4.18. The second-order valence-electron chi connectivity index (χ2n) is 8.68. The standard InChI is InChI=1S/C27H22ClN5O5S/c1-16-23(25(35)38-14-17-7-3-2-4-8-17)24(18-11-12-22(34)21(13-18)33(36)37)32-26(29-16)30-27(31-32)39-15-19-9-5-6-10-20(19)28/h2-13,24,34H,14-15H2,1H3,(H,29,30,31). The van der Waals surface area contributed by atoms with Gasteiger partial charge in [0, 0.05) is 22.5 Å². The molecule has 3 aromatic carbocycles. The van der Waals surface area contributed by atoms with E-state index >= 15 is 0 Å². The maximum absolute atomic E-state index is 13.4. The van der Waals surface area contributed by atoms with Crippen molar-refractivity contribution >= 4 is 41.0 Å². The smallest absolute Gasteiger partial charge is 0.338 e. The summed E-state index contributed by atoms with van der Waals surface area (Å²) < 4.78 is 7.13. The highest BCUT2D eigenvalue weighted by molar-refractivity contribution is 7.98. The third kappa shape index (κ3) is 5.59. The number of fused-ring (bicyclic) bond motifs is 1. The summed E-state index contributed by atoms with van der Waals surface area (Å²) in [4.78, 5) is 28.9. The minimum Gasteiger partial charge on any atom is -0.502 e. The molecule has 0 aliphatic carbocycles. The van der Waals surface area contributed by atoms with Gasteiger partial charge in [-0.2, -0.15) is 4.98 Å². The number of nitro groups is 1. The van der Waals surface area contributed by atoms with E-state index in [1.54, 1.807) is 13.0 Å². The summed E-state index contributed by atoms with van der Waals surface area (Å²) in [5.41, 5.74) is 2.28. The molecule has 2 N–H and O–H groups in total. The zero-order valence-corrected chi connectivity index (χ0v) is 22.1. The molecule has 1 unspecified atom stereocenters. The number of benzene rings is 3. The first kappa shape index (κ1) is 26.3. The molecule has 1 aromatic heterocycles. The van der Waals surface area contributed by atoms with Crippen molar-refractivity contribution in [1.29, 1.82) is 0 Å². The maximum Gasteiger partial charge on any atom is 0.338 e. The van der Waals surface area contributed by atoms with Crippen molar-refractivity contribution in [2.75, 3.05) is 5.32 Å². The number of carbonyl (C=O) groups is 1. The number of carbonyl (C=O) groups excluding carboxylic acids is 1. The summed E-state index contributed by atoms with van der Waals surface area (Å²) in [6.45, 7) is 1.75. The number of aromatic hydroxyl groups is 1. The van der Waals surface area contributed by atoms with E-state index in [9.17, 15) is 20.0 Å². The molecule has 0 amide bonds. The minimum atomic E-state index is -0.897. The van der Waals surface area contributed by atoms with Gasteiger partial charge < -0.3 is 15.2 Å². The van der Waals surface area contributed by atoms with Crippen molar-refractivity contribution in [2.45, 2.75) is 30.5 Å². The van der Waals surface area contributed by atoms with Crippen LogP contribution in [0.5, 0.6) is 5.75 Å². The number of esters is 1. The Morgan fingerprint density at radius 2 is 1.92 bits per heavy atom. The molecule has 0 bridgehead atoms. The van der Waals surface area contributed by atoms with E-state index in [1.807, 2.05) is 48.5 Å². The number of halogens is 1. The number of thioether (sulfide) groups is 1. The van der Waals surface area contributed by atoms with Crippen molar-refractivity contribution in [3.05, 3.63) is 116 Å². The molecule has 0 saturated heterocycles. The lowest BCUT2D eigenvalue weighted by Gasteiger charge is -2.28. The topological polar surface area (TPSA) is 132 Å². The summed E-state index contributed by atoms with van der Waals surface area (Å²) in [7, 11) is 0. The molecule has 0 radical (unpaired) electrons. The molecule has 198 valence electrons. The first-order chi connectivity index (χ1) is 18.8. The van der Waals surface area contributed by atoms with Gasteiger partial charge in [-0.05, 0) is 35.7 Å². The number of anilines is 1. The second kappa shape index (κ2) is 11.2. The molecular weight excluding hydrogens is 542 g/mol. The number of nitrogens with zero attached hydrogens (tertiary/aromatic N) is 4. The highest BCUT2D eigenvalue weighted by Gasteiger charge is 2.36. The first-order valence-electron chi connectivity index (χ1n) is 11.8. The molecule has 1 aliphatic heterocycles. The van der Waals surface area contributed by atoms with Crippen molar-refractivity contribution in [1.82, 2.24) is 14.8 Å². The Hall–Kier alpha value is -4.35. The highest BCUT2D eigenvalue weighted by atomic mass is 35.5. The fraction of sp³-hybridized carbons (Fsp3) is 0.148. The Morgan fingerprint density at radius 3 is 2.67 bits per heavy atom. The Morgan fingerprint density at radius 1 is 1.18 bits per heavy atom. The van der Waals surface area contributed by atoms with Crippen LogP contribution in [-0.4, -0.2) is 30.8 Å². The Balaban J connectivity index is 1.51. The van der Waals surface area contributed by atoms with Crippen molar-refractivity contribution in [2.24, 2.45) is 0 Å². The molecule has 0 spiro atoms. The number of nitro benzene ring substituents is 1. The van der Waals surface area contributed by atoms with E-state index in [0.29, 0.717) is 33.1 Å². The van der Waals surface area contributed by atoms with Crippen LogP contribution in [0.15, 0.2) is 89.2 Å². The molecule has 5 rings (SSSR count). The number of phenols is 1. The van der Waals surface area contributed by atoms with Gasteiger partial charge in [-0.3, -0.25) is 10.1 Å². The third-order valence-electron chi connectivity index (χ3n) is 6.09. The predicted octanol–water partition coefficient (Wildman–Crippen LogP) is 5.87. The minimum absolute atomic E-state index is 0.0437. The number of hydrogen-bond donors (Lipinski definition) is 2. The Kier molecular flexibility index (Phi) is 7.53. The summed E-state index contributed by atoms with van der Waals surface area (Å²) >= 11 is 7.65. The number of nitrogens with one attached hydrogen (secondary N) is 1. The van der Waals surface area contributed by atoms with Crippen LogP contribution in [0.2, 0.25) is 5.02 Å². The monoisotopic (exact) mass is 563 g/mol. The van der Waals surface area contributed by atoms with Crippen LogP contribution < -0.4 is 5.32 Å². The van der Waals surface area contributed by atoms with Crippen LogP contribution in [0.25, 0.3) is 0 Å². The van der Waals surface area contributed by atoms with Crippen LogP contribution in [0, 0.1) is 10.1 Å². The SMILES string of the molecule is CC1=C(C(=O)OCc2ccccc2)C(c2ccc(O)c([N+](=O)[O-])c2)n2nc(SCc3ccccc3Cl)nc2N1. The fourth-order valence-corrected chi connectivity index (χ4v) is 5.30. The van der Waals surface area contributed by atoms with E-state index in [4.69, 9.17) is 16.3 Å². The Bertz CT molecular complexity index is 1590. The molecule has 1 atom stereocenters. The van der Waals surface area contributed by atoms with Gasteiger partial charge >= 0.3 is 11.7 Å². The average Bonchev–Trinajstić information content (AvgIpc) is 3.33. The lowest BCUT2D eigenvalue weighted by atomic mass is 9.95. The van der Waals surface area contributed by atoms with Crippen LogP contribution in [-0.2, 0) is 21.9 Å². The molecule has 2 heterocycles. The summed E-state index contributed by atoms with van der Waals surface area (Å²) in [5, 5.41) is 30.4. The van der Waals surface area contributed by atoms with Gasteiger partial charge in [0.25, 0.3) is 0 Å². The maximum atomic E-state index is 13.4. The number of rotatable bonds is 8. The van der Waals surface area contributed by atoms with Crippen molar-refractivity contribution in [3.63, 3.8) is 0 Å². The lowest BCUT2D eigenvalue weighted by Crippen LogP contribution is -2.29. The average molecular weight is 564 g/mol. The van der Waals surface area contributed by atoms with E-state index in [1.165, 1.54) is 34.6 Å². The van der Waals surface area contributed by atoms with E-state index in [2.05, 4.69) is 15.4 Å². The van der Waals surface area contributed by atoms with Crippen molar-refractivity contribution in [3.8, 4) is 5.75 Å². The molecule has 12 heteroatoms. The molecule has 0 saturated carbocycles. The molecular formula is C27H22ClN5O5S. The van der Waals surface area contributed by atoms with Gasteiger partial charge in [0.1, 0.15) is 12.6 Å². The quantitative estimate of drug-likeness (QED) is 0.117. The van der Waals surface area contributed by atoms with Crippen LogP contribution in [0.3, 0.4) is 0 Å². The number of ether oxygens (including phenoxy) is 1. The van der Waals surface area contributed by atoms with Crippen LogP contribution in [0.1, 0.15) is 29.7 Å². The zero-order chi connectivity index (χ0) is 27.5. The normalized spacial score (nSPS) is 14.5. The summed E-state index contributed by atoms with van der Waals surface area (Å²) in [6, 6.07) is 19.8. The van der Waals surface area contributed by atoms with E-state index in [-0.39, 0.29) is 12.2 Å². The lowest BCUT2D eigenvalue weighted by molar-refractivity contribution is -0.385. The number of allylic oxidation sites excluding steroid dienone is 1. The van der Waals surface area contributed by atoms with Gasteiger partial charge in [-0.15, -0.1) is 5.10 Å². The van der Waals surface area contributed by atoms with Gasteiger partial charge in [0.15, 0.2) is 5.75 Å². The highest BCUT2D eigenvalue weighted by Crippen LogP contribution is 2.40. The van der Waals surface area contributed by atoms with E-state index in [0.717, 1.165) is 11.1 Å². The first-order valence-corrected chi connectivity index (χ1v) is 13.2. The van der Waals surface area contributed by atoms with Gasteiger partial charge in [-0.25, -0.2) is 9.48 Å². The predicted molar refractivity (Wildman–Crippen MR) is 146 cm³/mol. The molecule has 1 aliphatic rings. The molecule has 0 fully saturated rings. The third-order valence-corrected chi connectivity index (χ3v) is 7.35. The largest absolute Gasteiger partial charge is 0.502 e. The van der Waals surface area contributed by atoms with Crippen LogP contribution >= 0.6 is 23.4 Å². The van der Waals surface area contributed by atoms with Gasteiger partial charge in [0.2, 0.25) is 11.1 Å². The van der Waals surface area contributed by atoms with E-state index < -0.39 is 28.4 Å². The van der Waals surface area contributed by atoms with Gasteiger partial charge in [-0.1, -0.05) is 78.0 Å². The number of hydrogen-bond acceptors (Lipinski definition) is 9. The number of phenolic OH excluding ortho intramolecular Hbond substituents is 1. The summed E-state index contributed by atoms with van der Waals surface area (Å²) in [6.07, 6.45) is 0. The number of aromatic nitrogens is 3. The zero-order valence-electron chi connectivity index (χ0n) is 20.6. The second-order valence-corrected chi connectivity index (χ2v) is 10.0.